The molecule has 5 nitrogen and oxygen atoms in total. The summed E-state index contributed by atoms with van der Waals surface area (Å²) in [7, 11) is 1.49. The van der Waals surface area contributed by atoms with Gasteiger partial charge in [-0.25, -0.2) is 0 Å². The number of methoxy groups -OCH3 is 1. The van der Waals surface area contributed by atoms with E-state index < -0.39 is 0 Å². The Balaban J connectivity index is 2.11. The first-order valence-electron chi connectivity index (χ1n) is 5.30. The summed E-state index contributed by atoms with van der Waals surface area (Å²) in [6.07, 6.45) is 1.72. The quantitative estimate of drug-likeness (QED) is 0.822. The number of benzene rings is 1. The zero-order valence-electron chi connectivity index (χ0n) is 9.84. The van der Waals surface area contributed by atoms with Crippen LogP contribution in [-0.2, 0) is 6.54 Å². The van der Waals surface area contributed by atoms with Gasteiger partial charge in [-0.2, -0.15) is 0 Å². The second-order valence-corrected chi connectivity index (χ2v) is 4.55. The molecule has 0 atom stereocenters. The first-order chi connectivity index (χ1) is 8.72. The molecule has 1 heterocycles. The average Bonchev–Trinajstić information content (AvgIpc) is 2.88. The highest BCUT2D eigenvalue weighted by molar-refractivity contribution is 7.09. The molecule has 0 bridgehead atoms. The first-order valence-corrected chi connectivity index (χ1v) is 6.18. The Morgan fingerprint density at radius 2 is 2.39 bits per heavy atom. The predicted octanol–water partition coefficient (Wildman–Crippen LogP) is 1.66. The summed E-state index contributed by atoms with van der Waals surface area (Å²) in [4.78, 5) is 16.9. The fraction of sp³-hybridized carbons (Fsp3) is 0.167. The van der Waals surface area contributed by atoms with Gasteiger partial charge < -0.3 is 15.8 Å². The molecular weight excluding hydrogens is 250 g/mol. The van der Waals surface area contributed by atoms with Gasteiger partial charge in [0.1, 0.15) is 0 Å². The molecule has 0 fully saturated rings. The van der Waals surface area contributed by atoms with Crippen molar-refractivity contribution in [1.29, 1.82) is 0 Å². The number of hydrogen-bond acceptors (Lipinski definition) is 5. The molecule has 1 aromatic heterocycles. The normalized spacial score (nSPS) is 10.1. The van der Waals surface area contributed by atoms with Crippen LogP contribution in [0.3, 0.4) is 0 Å². The molecule has 18 heavy (non-hydrogen) atoms. The molecule has 2 aromatic rings. The van der Waals surface area contributed by atoms with Crippen molar-refractivity contribution in [3.05, 3.63) is 40.3 Å². The van der Waals surface area contributed by atoms with E-state index in [0.717, 1.165) is 4.88 Å². The van der Waals surface area contributed by atoms with Crippen LogP contribution in [-0.4, -0.2) is 18.0 Å². The fourth-order valence-corrected chi connectivity index (χ4v) is 2.09. The van der Waals surface area contributed by atoms with Crippen molar-refractivity contribution in [2.45, 2.75) is 6.54 Å². The first kappa shape index (κ1) is 12.4. The van der Waals surface area contributed by atoms with Gasteiger partial charge in [0.2, 0.25) is 0 Å². The van der Waals surface area contributed by atoms with E-state index in [4.69, 9.17) is 10.5 Å². The number of nitrogen functional groups attached to an aromatic ring is 1. The van der Waals surface area contributed by atoms with Gasteiger partial charge in [0.25, 0.3) is 5.91 Å². The number of nitrogens with two attached hydrogens (primary N) is 1. The number of hydrogen-bond donors (Lipinski definition) is 2. The lowest BCUT2D eigenvalue weighted by Crippen LogP contribution is -2.23. The van der Waals surface area contributed by atoms with E-state index in [1.807, 2.05) is 0 Å². The smallest absolute Gasteiger partial charge is 0.255 e. The maximum atomic E-state index is 12.0. The van der Waals surface area contributed by atoms with Crippen LogP contribution in [0.25, 0.3) is 0 Å². The maximum absolute atomic E-state index is 12.0. The molecule has 94 valence electrons. The van der Waals surface area contributed by atoms with Crippen LogP contribution in [0, 0.1) is 0 Å². The Morgan fingerprint density at radius 1 is 1.56 bits per heavy atom. The monoisotopic (exact) mass is 263 g/mol. The minimum atomic E-state index is -0.215. The molecule has 2 rings (SSSR count). The van der Waals surface area contributed by atoms with Crippen LogP contribution in [0.15, 0.2) is 29.9 Å². The number of ether oxygens (including phenoxy) is 1. The van der Waals surface area contributed by atoms with Crippen LogP contribution in [0.2, 0.25) is 0 Å². The van der Waals surface area contributed by atoms with Gasteiger partial charge in [-0.05, 0) is 12.1 Å². The van der Waals surface area contributed by atoms with Gasteiger partial charge in [0, 0.05) is 11.1 Å². The van der Waals surface area contributed by atoms with Crippen LogP contribution in [0.4, 0.5) is 5.69 Å². The number of anilines is 1. The van der Waals surface area contributed by atoms with E-state index in [9.17, 15) is 4.79 Å². The summed E-state index contributed by atoms with van der Waals surface area (Å²) < 4.78 is 5.14. The standard InChI is InChI=1S/C12H13N3O2S/c1-17-11-9(3-2-4-10(11)13)12(16)15-6-8-5-14-7-18-8/h2-5,7H,6,13H2,1H3,(H,15,16). The molecule has 0 aliphatic heterocycles. The van der Waals surface area contributed by atoms with Crippen LogP contribution < -0.4 is 15.8 Å². The van der Waals surface area contributed by atoms with E-state index in [1.54, 1.807) is 29.9 Å². The number of thiazole rings is 1. The number of carbonyl (C=O) groups is 1. The summed E-state index contributed by atoms with van der Waals surface area (Å²) in [6.45, 7) is 0.446. The van der Waals surface area contributed by atoms with Gasteiger partial charge in [0.05, 0.1) is 30.4 Å². The highest BCUT2D eigenvalue weighted by Gasteiger charge is 2.14. The largest absolute Gasteiger partial charge is 0.494 e. The van der Waals surface area contributed by atoms with E-state index in [-0.39, 0.29) is 5.91 Å². The third-order valence-electron chi connectivity index (χ3n) is 2.40. The van der Waals surface area contributed by atoms with Crippen molar-refractivity contribution in [2.24, 2.45) is 0 Å². The Bertz CT molecular complexity index is 540. The second kappa shape index (κ2) is 5.50. The lowest BCUT2D eigenvalue weighted by Gasteiger charge is -2.10. The molecular formula is C12H13N3O2S. The lowest BCUT2D eigenvalue weighted by atomic mass is 10.1. The Hall–Kier alpha value is -2.08. The summed E-state index contributed by atoms with van der Waals surface area (Å²) >= 11 is 1.49. The van der Waals surface area contributed by atoms with Gasteiger partial charge in [-0.3, -0.25) is 9.78 Å². The molecule has 1 amide bonds. The van der Waals surface area contributed by atoms with Crippen molar-refractivity contribution in [3.8, 4) is 5.75 Å². The van der Waals surface area contributed by atoms with Crippen LogP contribution in [0.1, 0.15) is 15.2 Å². The Labute approximate surface area is 109 Å². The Kier molecular flexibility index (Phi) is 3.78. The third-order valence-corrected chi connectivity index (χ3v) is 3.18. The molecule has 0 saturated carbocycles. The molecule has 6 heteroatoms. The van der Waals surface area contributed by atoms with Crippen molar-refractivity contribution >= 4 is 22.9 Å². The predicted molar refractivity (Wildman–Crippen MR) is 70.7 cm³/mol. The van der Waals surface area contributed by atoms with Gasteiger partial charge in [-0.15, -0.1) is 11.3 Å². The third kappa shape index (κ3) is 2.60. The number of carbonyl (C=O) groups excluding carboxylic acids is 1. The van der Waals surface area contributed by atoms with Crippen molar-refractivity contribution in [1.82, 2.24) is 10.3 Å². The summed E-state index contributed by atoms with van der Waals surface area (Å²) in [5.41, 5.74) is 8.35. The van der Waals surface area contributed by atoms with E-state index in [0.29, 0.717) is 23.5 Å². The maximum Gasteiger partial charge on any atom is 0.255 e. The zero-order valence-corrected chi connectivity index (χ0v) is 10.7. The van der Waals surface area contributed by atoms with Gasteiger partial charge in [0.15, 0.2) is 5.75 Å². The van der Waals surface area contributed by atoms with Crippen LogP contribution >= 0.6 is 11.3 Å². The van der Waals surface area contributed by atoms with E-state index in [2.05, 4.69) is 10.3 Å². The van der Waals surface area contributed by atoms with Gasteiger partial charge in [-0.1, -0.05) is 6.07 Å². The topological polar surface area (TPSA) is 77.2 Å². The number of para-hydroxylation sites is 1. The van der Waals surface area contributed by atoms with Gasteiger partial charge >= 0.3 is 0 Å². The molecule has 0 spiro atoms. The second-order valence-electron chi connectivity index (χ2n) is 3.58. The minimum absolute atomic E-state index is 0.215. The van der Waals surface area contributed by atoms with Crippen LogP contribution in [0.5, 0.6) is 5.75 Å². The molecule has 1 aromatic carbocycles. The SMILES string of the molecule is COc1c(N)cccc1C(=O)NCc1cncs1. The molecule has 0 aliphatic carbocycles. The zero-order chi connectivity index (χ0) is 13.0. The summed E-state index contributed by atoms with van der Waals surface area (Å²) in [6, 6.07) is 5.09. The van der Waals surface area contributed by atoms with E-state index in [1.165, 1.54) is 18.4 Å². The minimum Gasteiger partial charge on any atom is -0.494 e. The van der Waals surface area contributed by atoms with Crippen molar-refractivity contribution in [3.63, 3.8) is 0 Å². The average molecular weight is 263 g/mol. The lowest BCUT2D eigenvalue weighted by molar-refractivity contribution is 0.0948. The number of rotatable bonds is 4. The molecule has 0 saturated heterocycles. The fourth-order valence-electron chi connectivity index (χ4n) is 1.55. The highest BCUT2D eigenvalue weighted by atomic mass is 32.1. The number of nitrogens with one attached hydrogen (secondary N) is 1. The highest BCUT2D eigenvalue weighted by Crippen LogP contribution is 2.25. The molecule has 0 unspecified atom stereocenters. The Morgan fingerprint density at radius 3 is 3.06 bits per heavy atom. The van der Waals surface area contributed by atoms with Crippen molar-refractivity contribution in [2.75, 3.05) is 12.8 Å². The van der Waals surface area contributed by atoms with Crippen molar-refractivity contribution < 1.29 is 9.53 Å². The number of aromatic nitrogens is 1. The molecule has 0 aliphatic rings. The molecule has 0 radical (unpaired) electrons. The van der Waals surface area contributed by atoms with E-state index >= 15 is 0 Å². The summed E-state index contributed by atoms with van der Waals surface area (Å²) in [5, 5.41) is 2.80. The molecule has 3 N–H and O–H groups in total. The number of nitrogens with zero attached hydrogens (tertiary/aromatic N) is 1. The number of amides is 1. The summed E-state index contributed by atoms with van der Waals surface area (Å²) in [5.74, 6) is 0.187.